The van der Waals surface area contributed by atoms with Gasteiger partial charge in [0, 0.05) is 31.2 Å². The summed E-state index contributed by atoms with van der Waals surface area (Å²) in [6.07, 6.45) is 3.33. The van der Waals surface area contributed by atoms with Crippen molar-refractivity contribution in [1.29, 1.82) is 5.26 Å². The van der Waals surface area contributed by atoms with Crippen molar-refractivity contribution in [1.82, 2.24) is 9.97 Å². The normalized spacial score (nSPS) is 18.1. The predicted octanol–water partition coefficient (Wildman–Crippen LogP) is 1.22. The van der Waals surface area contributed by atoms with Gasteiger partial charge in [-0.2, -0.15) is 5.26 Å². The molecule has 3 rings (SSSR count). The van der Waals surface area contributed by atoms with E-state index in [1.807, 2.05) is 6.07 Å². The first-order chi connectivity index (χ1) is 12.4. The minimum Gasteiger partial charge on any atom is -0.340 e. The van der Waals surface area contributed by atoms with E-state index in [4.69, 9.17) is 5.26 Å². The molecule has 1 aliphatic rings. The number of anilines is 2. The second-order valence-corrected chi connectivity index (χ2v) is 8.31. The van der Waals surface area contributed by atoms with Crippen LogP contribution in [0.3, 0.4) is 0 Å². The fourth-order valence-electron chi connectivity index (χ4n) is 2.73. The van der Waals surface area contributed by atoms with E-state index in [9.17, 15) is 13.2 Å². The van der Waals surface area contributed by atoms with Crippen LogP contribution >= 0.6 is 0 Å². The summed E-state index contributed by atoms with van der Waals surface area (Å²) >= 11 is 0. The highest BCUT2D eigenvalue weighted by Crippen LogP contribution is 2.20. The Morgan fingerprint density at radius 1 is 1.35 bits per heavy atom. The number of carbonyl (C=O) groups is 1. The van der Waals surface area contributed by atoms with E-state index in [0.29, 0.717) is 23.6 Å². The van der Waals surface area contributed by atoms with Crippen LogP contribution in [0.2, 0.25) is 0 Å². The summed E-state index contributed by atoms with van der Waals surface area (Å²) in [7, 11) is -1.25. The smallest absolute Gasteiger partial charge is 0.258 e. The maximum atomic E-state index is 12.3. The second kappa shape index (κ2) is 7.09. The van der Waals surface area contributed by atoms with Gasteiger partial charge in [0.15, 0.2) is 9.84 Å². The van der Waals surface area contributed by atoms with Crippen LogP contribution in [-0.2, 0) is 9.84 Å². The number of nitriles is 1. The molecular weight excluding hydrogens is 354 g/mol. The molecule has 8 nitrogen and oxygen atoms in total. The van der Waals surface area contributed by atoms with Crippen molar-refractivity contribution in [2.75, 3.05) is 28.8 Å². The maximum absolute atomic E-state index is 12.3. The van der Waals surface area contributed by atoms with Gasteiger partial charge in [-0.05, 0) is 24.6 Å². The highest BCUT2D eigenvalue weighted by molar-refractivity contribution is 7.91. The Bertz CT molecular complexity index is 967. The quantitative estimate of drug-likeness (QED) is 0.859. The molecule has 0 aliphatic carbocycles. The van der Waals surface area contributed by atoms with Gasteiger partial charge in [0.25, 0.3) is 5.91 Å². The van der Waals surface area contributed by atoms with Crippen molar-refractivity contribution in [3.8, 4) is 6.07 Å². The Kier molecular flexibility index (Phi) is 4.86. The first-order valence-corrected chi connectivity index (χ1v) is 9.77. The van der Waals surface area contributed by atoms with Crippen LogP contribution in [0.5, 0.6) is 0 Å². The van der Waals surface area contributed by atoms with Gasteiger partial charge < -0.3 is 10.2 Å². The van der Waals surface area contributed by atoms with E-state index >= 15 is 0 Å². The lowest BCUT2D eigenvalue weighted by molar-refractivity contribution is 0.102. The first kappa shape index (κ1) is 17.8. The van der Waals surface area contributed by atoms with Crippen LogP contribution in [0.1, 0.15) is 22.3 Å². The summed E-state index contributed by atoms with van der Waals surface area (Å²) in [5.41, 5.74) is 1.22. The van der Waals surface area contributed by atoms with Gasteiger partial charge in [-0.1, -0.05) is 6.07 Å². The Morgan fingerprint density at radius 2 is 2.08 bits per heavy atom. The zero-order chi connectivity index (χ0) is 18.7. The number of aromatic nitrogens is 2. The number of hydrogen-bond donors (Lipinski definition) is 1. The van der Waals surface area contributed by atoms with Gasteiger partial charge >= 0.3 is 0 Å². The third-order valence-corrected chi connectivity index (χ3v) is 5.97. The fraction of sp³-hybridized carbons (Fsp3) is 0.294. The highest BCUT2D eigenvalue weighted by Gasteiger charge is 2.31. The van der Waals surface area contributed by atoms with Gasteiger partial charge in [0.05, 0.1) is 28.7 Å². The van der Waals surface area contributed by atoms with Gasteiger partial charge in [0.2, 0.25) is 5.95 Å². The average molecular weight is 371 g/mol. The largest absolute Gasteiger partial charge is 0.340 e. The molecule has 1 amide bonds. The minimum absolute atomic E-state index is 0.0876. The third-order valence-electron chi connectivity index (χ3n) is 4.22. The molecule has 1 aliphatic heterocycles. The molecule has 1 aromatic heterocycles. The number of benzene rings is 1. The van der Waals surface area contributed by atoms with Gasteiger partial charge in [-0.25, -0.2) is 18.4 Å². The lowest BCUT2D eigenvalue weighted by Crippen LogP contribution is -2.34. The van der Waals surface area contributed by atoms with Crippen LogP contribution < -0.4 is 10.2 Å². The number of nitrogens with zero attached hydrogens (tertiary/aromatic N) is 4. The summed E-state index contributed by atoms with van der Waals surface area (Å²) in [5.74, 6) is 0.238. The lowest BCUT2D eigenvalue weighted by atomic mass is 10.2. The van der Waals surface area contributed by atoms with Crippen LogP contribution in [0.15, 0.2) is 36.7 Å². The maximum Gasteiger partial charge on any atom is 0.258 e. The molecule has 1 N–H and O–H groups in total. The molecule has 9 heteroatoms. The summed E-state index contributed by atoms with van der Waals surface area (Å²) in [6.45, 7) is 0. The van der Waals surface area contributed by atoms with E-state index in [2.05, 4.69) is 15.3 Å². The number of nitrogens with one attached hydrogen (secondary N) is 1. The Balaban J connectivity index is 1.69. The van der Waals surface area contributed by atoms with Crippen molar-refractivity contribution in [2.24, 2.45) is 0 Å². The van der Waals surface area contributed by atoms with Crippen LogP contribution in [-0.4, -0.2) is 48.9 Å². The molecule has 2 aromatic rings. The van der Waals surface area contributed by atoms with Crippen molar-refractivity contribution >= 4 is 27.4 Å². The van der Waals surface area contributed by atoms with E-state index in [1.165, 1.54) is 12.4 Å². The Morgan fingerprint density at radius 3 is 2.69 bits per heavy atom. The molecule has 0 radical (unpaired) electrons. The first-order valence-electron chi connectivity index (χ1n) is 7.95. The molecule has 134 valence electrons. The fourth-order valence-corrected chi connectivity index (χ4v) is 4.51. The minimum atomic E-state index is -2.99. The van der Waals surface area contributed by atoms with Crippen LogP contribution in [0.25, 0.3) is 0 Å². The van der Waals surface area contributed by atoms with E-state index in [-0.39, 0.29) is 23.1 Å². The number of rotatable bonds is 4. The summed E-state index contributed by atoms with van der Waals surface area (Å²) in [6, 6.07) is 8.43. The zero-order valence-corrected chi connectivity index (χ0v) is 14.9. The molecule has 1 fully saturated rings. The van der Waals surface area contributed by atoms with Crippen molar-refractivity contribution in [3.05, 3.63) is 47.8 Å². The van der Waals surface area contributed by atoms with E-state index < -0.39 is 15.7 Å². The van der Waals surface area contributed by atoms with Crippen LogP contribution in [0.4, 0.5) is 11.6 Å². The standard InChI is InChI=1S/C17H17N5O3S/c1-22(15-5-6-26(24,25)11-15)17-19-9-13(10-20-17)16(23)21-14-4-2-3-12(7-14)8-18/h2-4,7,9-10,15H,5-6,11H2,1H3,(H,21,23). The highest BCUT2D eigenvalue weighted by atomic mass is 32.2. The summed E-state index contributed by atoms with van der Waals surface area (Å²) < 4.78 is 23.2. The van der Waals surface area contributed by atoms with Crippen molar-refractivity contribution in [3.63, 3.8) is 0 Å². The average Bonchev–Trinajstić information content (AvgIpc) is 3.01. The lowest BCUT2D eigenvalue weighted by Gasteiger charge is -2.23. The SMILES string of the molecule is CN(c1ncc(C(=O)Nc2cccc(C#N)c2)cn1)C1CCS(=O)(=O)C1. The molecule has 1 saturated heterocycles. The van der Waals surface area contributed by atoms with Gasteiger partial charge in [-0.15, -0.1) is 0 Å². The molecule has 0 saturated carbocycles. The number of hydrogen-bond acceptors (Lipinski definition) is 7. The number of sulfone groups is 1. The van der Waals surface area contributed by atoms with E-state index in [1.54, 1.807) is 36.2 Å². The zero-order valence-electron chi connectivity index (χ0n) is 14.1. The molecule has 1 unspecified atom stereocenters. The molecule has 0 bridgehead atoms. The monoisotopic (exact) mass is 371 g/mol. The molecule has 2 heterocycles. The van der Waals surface area contributed by atoms with Gasteiger partial charge in [0.1, 0.15) is 0 Å². The number of carbonyl (C=O) groups excluding carboxylic acids is 1. The Hall–Kier alpha value is -2.99. The van der Waals surface area contributed by atoms with E-state index in [0.717, 1.165) is 0 Å². The van der Waals surface area contributed by atoms with Gasteiger partial charge in [-0.3, -0.25) is 4.79 Å². The van der Waals surface area contributed by atoms with Crippen molar-refractivity contribution < 1.29 is 13.2 Å². The molecule has 1 atom stereocenters. The second-order valence-electron chi connectivity index (χ2n) is 6.09. The number of amides is 1. The summed E-state index contributed by atoms with van der Waals surface area (Å²) in [4.78, 5) is 22.3. The molecule has 0 spiro atoms. The van der Waals surface area contributed by atoms with Crippen LogP contribution in [0, 0.1) is 11.3 Å². The molecule has 26 heavy (non-hydrogen) atoms. The molecular formula is C17H17N5O3S. The summed E-state index contributed by atoms with van der Waals surface area (Å²) in [5, 5.41) is 11.6. The predicted molar refractivity (Wildman–Crippen MR) is 96.6 cm³/mol. The Labute approximate surface area is 151 Å². The topological polar surface area (TPSA) is 116 Å². The van der Waals surface area contributed by atoms with Crippen molar-refractivity contribution in [2.45, 2.75) is 12.5 Å². The third kappa shape index (κ3) is 3.97. The molecule has 1 aromatic carbocycles.